The summed E-state index contributed by atoms with van der Waals surface area (Å²) in [6.45, 7) is 0. The summed E-state index contributed by atoms with van der Waals surface area (Å²) in [5, 5.41) is 4.96. The van der Waals surface area contributed by atoms with E-state index in [0.29, 0.717) is 12.0 Å². The molecular weight excluding hydrogens is 270 g/mol. The molecule has 0 radical (unpaired) electrons. The van der Waals surface area contributed by atoms with Gasteiger partial charge in [0.25, 0.3) is 0 Å². The molecular formula is C19H23N3. The van der Waals surface area contributed by atoms with Gasteiger partial charge in [-0.15, -0.1) is 0 Å². The molecule has 2 heterocycles. The van der Waals surface area contributed by atoms with Gasteiger partial charge in [0.1, 0.15) is 0 Å². The Bertz CT molecular complexity index is 707. The summed E-state index contributed by atoms with van der Waals surface area (Å²) in [7, 11) is 0. The third-order valence-corrected chi connectivity index (χ3v) is 5.63. The van der Waals surface area contributed by atoms with Gasteiger partial charge in [0, 0.05) is 23.4 Å². The van der Waals surface area contributed by atoms with Crippen LogP contribution in [0.4, 0.5) is 0 Å². The molecule has 2 fully saturated rings. The number of nitrogens with zero attached hydrogens (tertiary/aromatic N) is 3. The molecule has 3 aliphatic rings. The number of hydrogen-bond donors (Lipinski definition) is 0. The number of aromatic nitrogens is 3. The highest BCUT2D eigenvalue weighted by atomic mass is 15.3. The van der Waals surface area contributed by atoms with Crippen molar-refractivity contribution in [1.29, 1.82) is 0 Å². The Hall–Kier alpha value is -1.64. The third-order valence-electron chi connectivity index (χ3n) is 5.63. The lowest BCUT2D eigenvalue weighted by Gasteiger charge is -2.25. The van der Waals surface area contributed by atoms with E-state index in [2.05, 4.69) is 23.0 Å². The molecule has 2 aromatic rings. The van der Waals surface area contributed by atoms with Crippen LogP contribution in [0.3, 0.4) is 0 Å². The summed E-state index contributed by atoms with van der Waals surface area (Å²) in [5.74, 6) is 0.689. The Balaban J connectivity index is 1.57. The Kier molecular flexibility index (Phi) is 2.89. The van der Waals surface area contributed by atoms with Crippen LogP contribution in [0, 0.1) is 0 Å². The smallest absolute Gasteiger partial charge is 0.0749 e. The fourth-order valence-electron chi connectivity index (χ4n) is 3.83. The second-order valence-corrected chi connectivity index (χ2v) is 7.28. The van der Waals surface area contributed by atoms with Gasteiger partial charge in [-0.1, -0.05) is 6.07 Å². The van der Waals surface area contributed by atoms with E-state index < -0.39 is 0 Å². The molecule has 0 aromatic carbocycles. The largest absolute Gasteiger partial charge is 0.269 e. The summed E-state index contributed by atoms with van der Waals surface area (Å²) in [4.78, 5) is 5.02. The van der Waals surface area contributed by atoms with E-state index in [1.54, 1.807) is 0 Å². The SMILES string of the molecule is c1cc2c(nc1-c1cn(C3CCC3)nc1C1CC1)CCCC2. The van der Waals surface area contributed by atoms with E-state index in [4.69, 9.17) is 10.1 Å². The lowest BCUT2D eigenvalue weighted by atomic mass is 9.93. The van der Waals surface area contributed by atoms with Crippen LogP contribution in [0.2, 0.25) is 0 Å². The lowest BCUT2D eigenvalue weighted by molar-refractivity contribution is 0.288. The van der Waals surface area contributed by atoms with E-state index in [0.717, 1.165) is 12.1 Å². The normalized spacial score (nSPS) is 21.5. The van der Waals surface area contributed by atoms with Crippen LogP contribution >= 0.6 is 0 Å². The lowest BCUT2D eigenvalue weighted by Crippen LogP contribution is -2.17. The number of fused-ring (bicyclic) bond motifs is 1. The third kappa shape index (κ3) is 2.10. The molecule has 3 heteroatoms. The first-order valence-electron chi connectivity index (χ1n) is 8.97. The molecule has 0 saturated heterocycles. The van der Waals surface area contributed by atoms with Crippen molar-refractivity contribution in [3.63, 3.8) is 0 Å². The summed E-state index contributed by atoms with van der Waals surface area (Å²) in [5.41, 5.74) is 6.59. The zero-order chi connectivity index (χ0) is 14.5. The van der Waals surface area contributed by atoms with Crippen LogP contribution in [0.1, 0.15) is 73.9 Å². The minimum absolute atomic E-state index is 0.642. The van der Waals surface area contributed by atoms with Crippen LogP contribution in [0.15, 0.2) is 18.3 Å². The molecule has 2 aromatic heterocycles. The molecule has 0 unspecified atom stereocenters. The van der Waals surface area contributed by atoms with Gasteiger partial charge in [0.15, 0.2) is 0 Å². The number of rotatable bonds is 3. The average Bonchev–Trinajstić information content (AvgIpc) is 3.26. The standard InChI is InChI=1S/C19H23N3/c1-2-7-17-13(4-1)10-11-18(20-17)16-12-22(15-5-3-6-15)21-19(16)14-8-9-14/h10-12,14-15H,1-9H2. The van der Waals surface area contributed by atoms with Gasteiger partial charge < -0.3 is 0 Å². The maximum Gasteiger partial charge on any atom is 0.0749 e. The van der Waals surface area contributed by atoms with E-state index in [-0.39, 0.29) is 0 Å². The van der Waals surface area contributed by atoms with Gasteiger partial charge in [-0.3, -0.25) is 9.67 Å². The average molecular weight is 293 g/mol. The van der Waals surface area contributed by atoms with Crippen LogP contribution in [0.25, 0.3) is 11.3 Å². The molecule has 0 spiro atoms. The van der Waals surface area contributed by atoms with Crippen molar-refractivity contribution in [1.82, 2.24) is 14.8 Å². The Morgan fingerprint density at radius 2 is 1.82 bits per heavy atom. The summed E-state index contributed by atoms with van der Waals surface area (Å²) < 4.78 is 2.24. The van der Waals surface area contributed by atoms with E-state index in [9.17, 15) is 0 Å². The highest BCUT2D eigenvalue weighted by Gasteiger charge is 2.32. The minimum atomic E-state index is 0.642. The van der Waals surface area contributed by atoms with Gasteiger partial charge in [-0.25, -0.2) is 0 Å². The first kappa shape index (κ1) is 12.9. The minimum Gasteiger partial charge on any atom is -0.269 e. The zero-order valence-corrected chi connectivity index (χ0v) is 13.1. The molecule has 0 atom stereocenters. The van der Waals surface area contributed by atoms with Crippen molar-refractivity contribution >= 4 is 0 Å². The van der Waals surface area contributed by atoms with E-state index >= 15 is 0 Å². The second-order valence-electron chi connectivity index (χ2n) is 7.28. The van der Waals surface area contributed by atoms with E-state index in [1.165, 1.54) is 73.9 Å². The predicted octanol–water partition coefficient (Wildman–Crippen LogP) is 4.43. The van der Waals surface area contributed by atoms with Crippen molar-refractivity contribution in [2.75, 3.05) is 0 Å². The first-order valence-corrected chi connectivity index (χ1v) is 8.97. The van der Waals surface area contributed by atoms with Crippen LogP contribution < -0.4 is 0 Å². The van der Waals surface area contributed by atoms with Crippen molar-refractivity contribution < 1.29 is 0 Å². The molecule has 5 rings (SSSR count). The fourth-order valence-corrected chi connectivity index (χ4v) is 3.83. The van der Waals surface area contributed by atoms with Crippen LogP contribution in [0.5, 0.6) is 0 Å². The number of aryl methyl sites for hydroxylation is 2. The maximum atomic E-state index is 5.02. The van der Waals surface area contributed by atoms with Crippen molar-refractivity contribution in [2.45, 2.75) is 69.7 Å². The van der Waals surface area contributed by atoms with Crippen molar-refractivity contribution in [3.8, 4) is 11.3 Å². The van der Waals surface area contributed by atoms with E-state index in [1.807, 2.05) is 0 Å². The van der Waals surface area contributed by atoms with Gasteiger partial charge in [-0.05, 0) is 69.4 Å². The molecule has 0 amide bonds. The molecule has 2 saturated carbocycles. The predicted molar refractivity (Wildman–Crippen MR) is 87.0 cm³/mol. The summed E-state index contributed by atoms with van der Waals surface area (Å²) in [6, 6.07) is 5.19. The molecule has 22 heavy (non-hydrogen) atoms. The Morgan fingerprint density at radius 3 is 2.59 bits per heavy atom. The zero-order valence-electron chi connectivity index (χ0n) is 13.1. The Labute approximate surface area is 131 Å². The summed E-state index contributed by atoms with van der Waals surface area (Å²) in [6.07, 6.45) is 13.8. The molecule has 0 N–H and O–H groups in total. The molecule has 3 aliphatic carbocycles. The summed E-state index contributed by atoms with van der Waals surface area (Å²) >= 11 is 0. The fraction of sp³-hybridized carbons (Fsp3) is 0.579. The number of pyridine rings is 1. The van der Waals surface area contributed by atoms with Crippen LogP contribution in [-0.2, 0) is 12.8 Å². The molecule has 114 valence electrons. The maximum absolute atomic E-state index is 5.02. The Morgan fingerprint density at radius 1 is 0.955 bits per heavy atom. The molecule has 0 bridgehead atoms. The monoisotopic (exact) mass is 293 g/mol. The topological polar surface area (TPSA) is 30.7 Å². The molecule has 3 nitrogen and oxygen atoms in total. The highest BCUT2D eigenvalue weighted by Crippen LogP contribution is 2.44. The van der Waals surface area contributed by atoms with Gasteiger partial charge in [0.2, 0.25) is 0 Å². The second kappa shape index (κ2) is 4.94. The van der Waals surface area contributed by atoms with Gasteiger partial charge in [-0.2, -0.15) is 5.10 Å². The number of hydrogen-bond acceptors (Lipinski definition) is 2. The van der Waals surface area contributed by atoms with Crippen molar-refractivity contribution in [2.24, 2.45) is 0 Å². The highest BCUT2D eigenvalue weighted by molar-refractivity contribution is 5.63. The molecule has 0 aliphatic heterocycles. The quantitative estimate of drug-likeness (QED) is 0.838. The van der Waals surface area contributed by atoms with Gasteiger partial charge in [0.05, 0.1) is 17.4 Å². The van der Waals surface area contributed by atoms with Crippen LogP contribution in [-0.4, -0.2) is 14.8 Å². The van der Waals surface area contributed by atoms with Gasteiger partial charge >= 0.3 is 0 Å². The first-order chi connectivity index (χ1) is 10.9. The van der Waals surface area contributed by atoms with Crippen molar-refractivity contribution in [3.05, 3.63) is 35.3 Å².